The van der Waals surface area contributed by atoms with E-state index in [9.17, 15) is 26.3 Å². The molecule has 0 aromatic heterocycles. The van der Waals surface area contributed by atoms with Crippen molar-refractivity contribution in [2.24, 2.45) is 0 Å². The fraction of sp³-hybridized carbons (Fsp3) is 0.143. The Morgan fingerprint density at radius 1 is 0.880 bits per heavy atom. The first-order valence-corrected chi connectivity index (χ1v) is 6.78. The molecule has 2 rings (SSSR count). The van der Waals surface area contributed by atoms with E-state index in [1.165, 1.54) is 12.1 Å². The van der Waals surface area contributed by atoms with E-state index >= 15 is 0 Å². The van der Waals surface area contributed by atoms with Crippen LogP contribution in [0.5, 0.6) is 11.5 Å². The summed E-state index contributed by atoms with van der Waals surface area (Å²) in [5, 5.41) is 2.28. The van der Waals surface area contributed by atoms with Crippen LogP contribution in [-0.2, 0) is 0 Å². The summed E-state index contributed by atoms with van der Waals surface area (Å²) >= 11 is 5.69. The molecule has 2 aromatic rings. The molecular formula is C14H9ClF6N2O2. The molecule has 0 aliphatic carbocycles. The highest BCUT2D eigenvalue weighted by molar-refractivity contribution is 6.32. The molecule has 0 spiro atoms. The van der Waals surface area contributed by atoms with Gasteiger partial charge in [0.25, 0.3) is 0 Å². The SMILES string of the molecule is Nc1ccc(OC(F)(F)F)cc1Nc1ccc(OC(F)(F)F)c(Cl)c1. The minimum Gasteiger partial charge on any atom is -0.406 e. The van der Waals surface area contributed by atoms with E-state index < -0.39 is 24.2 Å². The zero-order valence-electron chi connectivity index (χ0n) is 12.0. The third kappa shape index (κ3) is 5.82. The van der Waals surface area contributed by atoms with E-state index in [2.05, 4.69) is 14.8 Å². The summed E-state index contributed by atoms with van der Waals surface area (Å²) in [6.07, 6.45) is -9.79. The molecule has 0 bridgehead atoms. The normalized spacial score (nSPS) is 12.0. The number of rotatable bonds is 4. The van der Waals surface area contributed by atoms with E-state index in [1.54, 1.807) is 0 Å². The average Bonchev–Trinajstić information content (AvgIpc) is 2.43. The molecular weight excluding hydrogens is 378 g/mol. The zero-order chi connectivity index (χ0) is 18.8. The number of benzene rings is 2. The fourth-order valence-corrected chi connectivity index (χ4v) is 2.00. The van der Waals surface area contributed by atoms with Crippen molar-refractivity contribution in [2.45, 2.75) is 12.7 Å². The summed E-state index contributed by atoms with van der Waals surface area (Å²) in [5.74, 6) is -1.14. The van der Waals surface area contributed by atoms with E-state index in [0.29, 0.717) is 0 Å². The molecule has 0 atom stereocenters. The van der Waals surface area contributed by atoms with Gasteiger partial charge in [0.1, 0.15) is 11.5 Å². The number of anilines is 3. The van der Waals surface area contributed by atoms with Crippen LogP contribution >= 0.6 is 11.6 Å². The molecule has 3 N–H and O–H groups in total. The summed E-state index contributed by atoms with van der Waals surface area (Å²) < 4.78 is 80.7. The first-order valence-electron chi connectivity index (χ1n) is 6.40. The topological polar surface area (TPSA) is 56.5 Å². The Balaban J connectivity index is 2.22. The number of hydrogen-bond donors (Lipinski definition) is 2. The van der Waals surface area contributed by atoms with Crippen molar-refractivity contribution in [1.82, 2.24) is 0 Å². The molecule has 0 saturated carbocycles. The minimum absolute atomic E-state index is 0.0438. The number of nitrogens with one attached hydrogen (secondary N) is 1. The maximum Gasteiger partial charge on any atom is 0.573 e. The van der Waals surface area contributed by atoms with Crippen molar-refractivity contribution < 1.29 is 35.8 Å². The summed E-state index contributed by atoms with van der Waals surface area (Å²) in [7, 11) is 0. The van der Waals surface area contributed by atoms with Crippen LogP contribution in [0.4, 0.5) is 43.4 Å². The van der Waals surface area contributed by atoms with Gasteiger partial charge < -0.3 is 20.5 Å². The third-order valence-electron chi connectivity index (χ3n) is 2.69. The van der Waals surface area contributed by atoms with Crippen molar-refractivity contribution in [1.29, 1.82) is 0 Å². The van der Waals surface area contributed by atoms with E-state index in [1.807, 2.05) is 0 Å². The predicted molar refractivity (Wildman–Crippen MR) is 79.0 cm³/mol. The Hall–Kier alpha value is -2.49. The summed E-state index contributed by atoms with van der Waals surface area (Å²) in [6.45, 7) is 0. The van der Waals surface area contributed by atoms with Gasteiger partial charge in [0.15, 0.2) is 0 Å². The molecule has 11 heteroatoms. The Bertz CT molecular complexity index is 764. The lowest BCUT2D eigenvalue weighted by molar-refractivity contribution is -0.275. The molecule has 0 radical (unpaired) electrons. The molecule has 0 heterocycles. The molecule has 0 saturated heterocycles. The van der Waals surface area contributed by atoms with Crippen molar-refractivity contribution in [3.63, 3.8) is 0 Å². The maximum atomic E-state index is 12.2. The number of hydrogen-bond acceptors (Lipinski definition) is 4. The quantitative estimate of drug-likeness (QED) is 0.541. The van der Waals surface area contributed by atoms with Gasteiger partial charge in [-0.15, -0.1) is 26.3 Å². The van der Waals surface area contributed by atoms with Gasteiger partial charge in [0, 0.05) is 11.8 Å². The fourth-order valence-electron chi connectivity index (χ4n) is 1.78. The van der Waals surface area contributed by atoms with Gasteiger partial charge in [0.05, 0.1) is 16.4 Å². The molecule has 25 heavy (non-hydrogen) atoms. The Morgan fingerprint density at radius 3 is 2.08 bits per heavy atom. The molecule has 136 valence electrons. The summed E-state index contributed by atoms with van der Waals surface area (Å²) in [6, 6.07) is 6.40. The smallest absolute Gasteiger partial charge is 0.406 e. The molecule has 2 aromatic carbocycles. The van der Waals surface area contributed by atoms with Gasteiger partial charge >= 0.3 is 12.7 Å². The largest absolute Gasteiger partial charge is 0.573 e. The Labute approximate surface area is 142 Å². The molecule has 0 aliphatic heterocycles. The van der Waals surface area contributed by atoms with Gasteiger partial charge in [-0.25, -0.2) is 0 Å². The number of halogens is 7. The van der Waals surface area contributed by atoms with Gasteiger partial charge in [-0.05, 0) is 30.3 Å². The van der Waals surface area contributed by atoms with Crippen LogP contribution in [0.15, 0.2) is 36.4 Å². The Morgan fingerprint density at radius 2 is 1.52 bits per heavy atom. The molecule has 0 fully saturated rings. The van der Waals surface area contributed by atoms with Crippen molar-refractivity contribution in [3.8, 4) is 11.5 Å². The second-order valence-corrected chi connectivity index (χ2v) is 5.02. The lowest BCUT2D eigenvalue weighted by Gasteiger charge is -2.15. The van der Waals surface area contributed by atoms with E-state index in [4.69, 9.17) is 17.3 Å². The average molecular weight is 387 g/mol. The lowest BCUT2D eigenvalue weighted by atomic mass is 10.2. The highest BCUT2D eigenvalue weighted by atomic mass is 35.5. The summed E-state index contributed by atoms with van der Waals surface area (Å²) in [5.41, 5.74) is 5.95. The van der Waals surface area contributed by atoms with Gasteiger partial charge in [-0.2, -0.15) is 0 Å². The highest BCUT2D eigenvalue weighted by Crippen LogP contribution is 2.35. The van der Waals surface area contributed by atoms with Crippen LogP contribution in [0.25, 0.3) is 0 Å². The van der Waals surface area contributed by atoms with Gasteiger partial charge in [-0.1, -0.05) is 11.6 Å². The van der Waals surface area contributed by atoms with Crippen LogP contribution < -0.4 is 20.5 Å². The molecule has 4 nitrogen and oxygen atoms in total. The van der Waals surface area contributed by atoms with Crippen LogP contribution in [-0.4, -0.2) is 12.7 Å². The lowest BCUT2D eigenvalue weighted by Crippen LogP contribution is -2.17. The van der Waals surface area contributed by atoms with Crippen molar-refractivity contribution in [2.75, 3.05) is 11.1 Å². The predicted octanol–water partition coefficient (Wildman–Crippen LogP) is 5.46. The first kappa shape index (κ1) is 18.8. The van der Waals surface area contributed by atoms with E-state index in [-0.39, 0.29) is 22.1 Å². The third-order valence-corrected chi connectivity index (χ3v) is 2.99. The van der Waals surface area contributed by atoms with Gasteiger partial charge in [-0.3, -0.25) is 0 Å². The molecule has 0 amide bonds. The standard InChI is InChI=1S/C14H9ClF6N2O2/c15-9-5-7(1-4-12(9)25-14(19,20)21)23-11-6-8(2-3-10(11)22)24-13(16,17)18/h1-6,23H,22H2. The molecule has 0 unspecified atom stereocenters. The van der Waals surface area contributed by atoms with Crippen LogP contribution in [0.2, 0.25) is 5.02 Å². The number of nitrogen functional groups attached to an aromatic ring is 1. The van der Waals surface area contributed by atoms with Crippen LogP contribution in [0, 0.1) is 0 Å². The Kier molecular flexibility index (Phi) is 5.12. The van der Waals surface area contributed by atoms with E-state index in [0.717, 1.165) is 24.3 Å². The van der Waals surface area contributed by atoms with Crippen molar-refractivity contribution >= 4 is 28.7 Å². The number of nitrogens with two attached hydrogens (primary N) is 1. The number of alkyl halides is 6. The first-order chi connectivity index (χ1) is 11.4. The second-order valence-electron chi connectivity index (χ2n) is 4.61. The van der Waals surface area contributed by atoms with Crippen molar-refractivity contribution in [3.05, 3.63) is 41.4 Å². The second kappa shape index (κ2) is 6.79. The monoisotopic (exact) mass is 386 g/mol. The molecule has 0 aliphatic rings. The highest BCUT2D eigenvalue weighted by Gasteiger charge is 2.32. The van der Waals surface area contributed by atoms with Crippen LogP contribution in [0.3, 0.4) is 0 Å². The zero-order valence-corrected chi connectivity index (χ0v) is 12.8. The van der Waals surface area contributed by atoms with Crippen LogP contribution in [0.1, 0.15) is 0 Å². The van der Waals surface area contributed by atoms with Gasteiger partial charge in [0.2, 0.25) is 0 Å². The summed E-state index contributed by atoms with van der Waals surface area (Å²) in [4.78, 5) is 0. The maximum absolute atomic E-state index is 12.2. The number of ether oxygens (including phenoxy) is 2. The minimum atomic E-state index is -4.91.